The molecule has 0 spiro atoms. The lowest BCUT2D eigenvalue weighted by Crippen LogP contribution is -2.41. The van der Waals surface area contributed by atoms with Crippen molar-refractivity contribution < 1.29 is 9.59 Å². The zero-order valence-corrected chi connectivity index (χ0v) is 14.9. The van der Waals surface area contributed by atoms with Crippen LogP contribution in [0.3, 0.4) is 0 Å². The molecule has 4 heteroatoms. The molecule has 0 aliphatic heterocycles. The molecule has 0 fully saturated rings. The number of carbonyl (C=O) groups excluding carboxylic acids is 2. The second-order valence-corrected chi connectivity index (χ2v) is 6.72. The number of rotatable bonds is 4. The zero-order valence-electron chi connectivity index (χ0n) is 14.9. The van der Waals surface area contributed by atoms with Crippen LogP contribution >= 0.6 is 0 Å². The van der Waals surface area contributed by atoms with Gasteiger partial charge in [0.05, 0.1) is 0 Å². The van der Waals surface area contributed by atoms with Crippen molar-refractivity contribution in [1.29, 1.82) is 0 Å². The molecule has 2 amide bonds. The molecule has 0 unspecified atom stereocenters. The van der Waals surface area contributed by atoms with Gasteiger partial charge in [-0.05, 0) is 69.5 Å². The highest BCUT2D eigenvalue weighted by atomic mass is 16.2. The van der Waals surface area contributed by atoms with Crippen LogP contribution in [0.5, 0.6) is 0 Å². The predicted octanol–water partition coefficient (Wildman–Crippen LogP) is 4.22. The van der Waals surface area contributed by atoms with Gasteiger partial charge in [0.25, 0.3) is 0 Å². The van der Waals surface area contributed by atoms with E-state index >= 15 is 0 Å². The molecule has 2 aromatic carbocycles. The summed E-state index contributed by atoms with van der Waals surface area (Å²) in [4.78, 5) is 25.2. The number of nitrogens with one attached hydrogen (secondary N) is 2. The van der Waals surface area contributed by atoms with Crippen LogP contribution in [0.2, 0.25) is 0 Å². The SMILES string of the molecule is Cc1cccc(NC(=O)C(C)(C)C(=O)Nc2cc(C)ccc2C)c1. The van der Waals surface area contributed by atoms with Crippen LogP contribution in [0.15, 0.2) is 42.5 Å². The van der Waals surface area contributed by atoms with Crippen molar-refractivity contribution >= 4 is 23.2 Å². The number of benzene rings is 2. The number of aryl methyl sites for hydroxylation is 3. The molecule has 4 nitrogen and oxygen atoms in total. The second kappa shape index (κ2) is 6.87. The summed E-state index contributed by atoms with van der Waals surface area (Å²) in [5, 5.41) is 5.69. The third-order valence-electron chi connectivity index (χ3n) is 4.05. The maximum Gasteiger partial charge on any atom is 0.239 e. The van der Waals surface area contributed by atoms with Gasteiger partial charge < -0.3 is 10.6 Å². The average molecular weight is 324 g/mol. The van der Waals surface area contributed by atoms with Crippen molar-refractivity contribution in [2.24, 2.45) is 5.41 Å². The van der Waals surface area contributed by atoms with E-state index in [9.17, 15) is 9.59 Å². The Kier molecular flexibility index (Phi) is 5.07. The average Bonchev–Trinajstić information content (AvgIpc) is 2.50. The van der Waals surface area contributed by atoms with Crippen LogP contribution in [0, 0.1) is 26.2 Å². The second-order valence-electron chi connectivity index (χ2n) is 6.72. The highest BCUT2D eigenvalue weighted by Crippen LogP contribution is 2.24. The maximum absolute atomic E-state index is 12.6. The maximum atomic E-state index is 12.6. The zero-order chi connectivity index (χ0) is 17.9. The molecule has 24 heavy (non-hydrogen) atoms. The Balaban J connectivity index is 2.14. The summed E-state index contributed by atoms with van der Waals surface area (Å²) in [5.74, 6) is -0.669. The molecule has 0 aromatic heterocycles. The smallest absolute Gasteiger partial charge is 0.239 e. The molecule has 0 atom stereocenters. The Labute approximate surface area is 143 Å². The van der Waals surface area contributed by atoms with E-state index in [1.165, 1.54) is 0 Å². The van der Waals surface area contributed by atoms with Gasteiger partial charge in [0.2, 0.25) is 11.8 Å². The Bertz CT molecular complexity index is 779. The summed E-state index contributed by atoms with van der Waals surface area (Å²) in [5.41, 5.74) is 3.29. The minimum atomic E-state index is -1.19. The van der Waals surface area contributed by atoms with Crippen molar-refractivity contribution in [2.75, 3.05) is 10.6 Å². The molecule has 0 radical (unpaired) electrons. The minimum absolute atomic E-state index is 0.332. The van der Waals surface area contributed by atoms with Crippen molar-refractivity contribution in [2.45, 2.75) is 34.6 Å². The first kappa shape index (κ1) is 17.7. The standard InChI is InChI=1S/C20H24N2O2/c1-13-7-6-8-16(11-13)21-18(23)20(4,5)19(24)22-17-12-14(2)9-10-15(17)3/h6-12H,1-5H3,(H,21,23)(H,22,24). The minimum Gasteiger partial charge on any atom is -0.325 e. The van der Waals surface area contributed by atoms with E-state index in [0.717, 1.165) is 22.4 Å². The fourth-order valence-electron chi connectivity index (χ4n) is 2.26. The molecule has 2 aromatic rings. The monoisotopic (exact) mass is 324 g/mol. The van der Waals surface area contributed by atoms with Crippen molar-refractivity contribution in [3.05, 3.63) is 59.2 Å². The van der Waals surface area contributed by atoms with Crippen molar-refractivity contribution in [3.63, 3.8) is 0 Å². The van der Waals surface area contributed by atoms with Gasteiger partial charge in [0, 0.05) is 11.4 Å². The van der Waals surface area contributed by atoms with Crippen LogP contribution in [0.25, 0.3) is 0 Å². The quantitative estimate of drug-likeness (QED) is 0.828. The van der Waals surface area contributed by atoms with Crippen LogP contribution in [-0.4, -0.2) is 11.8 Å². The van der Waals surface area contributed by atoms with E-state index < -0.39 is 5.41 Å². The lowest BCUT2D eigenvalue weighted by Gasteiger charge is -2.23. The Morgan fingerprint density at radius 3 is 2.12 bits per heavy atom. The number of anilines is 2. The lowest BCUT2D eigenvalue weighted by molar-refractivity contribution is -0.135. The van der Waals surface area contributed by atoms with E-state index in [4.69, 9.17) is 0 Å². The Morgan fingerprint density at radius 1 is 0.833 bits per heavy atom. The molecule has 0 aliphatic rings. The van der Waals surface area contributed by atoms with Gasteiger partial charge in [0.15, 0.2) is 0 Å². The summed E-state index contributed by atoms with van der Waals surface area (Å²) in [6.07, 6.45) is 0. The first-order chi connectivity index (χ1) is 11.2. The van der Waals surface area contributed by atoms with Crippen LogP contribution < -0.4 is 10.6 Å². The van der Waals surface area contributed by atoms with Gasteiger partial charge in [-0.25, -0.2) is 0 Å². The number of amides is 2. The van der Waals surface area contributed by atoms with Crippen LogP contribution in [-0.2, 0) is 9.59 Å². The summed E-state index contributed by atoms with van der Waals surface area (Å²) in [6.45, 7) is 9.09. The number of carbonyl (C=O) groups is 2. The van der Waals surface area contributed by atoms with E-state index in [2.05, 4.69) is 10.6 Å². The Hall–Kier alpha value is -2.62. The van der Waals surface area contributed by atoms with Crippen LogP contribution in [0.1, 0.15) is 30.5 Å². The fraction of sp³-hybridized carbons (Fsp3) is 0.300. The summed E-state index contributed by atoms with van der Waals surface area (Å²) in [7, 11) is 0. The summed E-state index contributed by atoms with van der Waals surface area (Å²) < 4.78 is 0. The van der Waals surface area contributed by atoms with Crippen LogP contribution in [0.4, 0.5) is 11.4 Å². The van der Waals surface area contributed by atoms with Gasteiger partial charge in [0.1, 0.15) is 5.41 Å². The van der Waals surface area contributed by atoms with Gasteiger partial charge in [-0.15, -0.1) is 0 Å². The van der Waals surface area contributed by atoms with E-state index in [1.54, 1.807) is 13.8 Å². The largest absolute Gasteiger partial charge is 0.325 e. The number of hydrogen-bond acceptors (Lipinski definition) is 2. The number of hydrogen-bond donors (Lipinski definition) is 2. The van der Waals surface area contributed by atoms with E-state index in [1.807, 2.05) is 63.2 Å². The molecule has 2 rings (SSSR count). The first-order valence-electron chi connectivity index (χ1n) is 7.97. The molecule has 0 bridgehead atoms. The van der Waals surface area contributed by atoms with E-state index in [-0.39, 0.29) is 11.8 Å². The third kappa shape index (κ3) is 4.02. The normalized spacial score (nSPS) is 11.0. The highest BCUT2D eigenvalue weighted by molar-refractivity contribution is 6.14. The van der Waals surface area contributed by atoms with Gasteiger partial charge in [-0.2, -0.15) is 0 Å². The molecular weight excluding hydrogens is 300 g/mol. The third-order valence-corrected chi connectivity index (χ3v) is 4.05. The summed E-state index contributed by atoms with van der Waals surface area (Å²) >= 11 is 0. The van der Waals surface area contributed by atoms with Crippen molar-refractivity contribution in [3.8, 4) is 0 Å². The van der Waals surface area contributed by atoms with E-state index in [0.29, 0.717) is 5.69 Å². The van der Waals surface area contributed by atoms with Crippen molar-refractivity contribution in [1.82, 2.24) is 0 Å². The molecule has 0 heterocycles. The summed E-state index contributed by atoms with van der Waals surface area (Å²) in [6, 6.07) is 13.3. The molecule has 126 valence electrons. The lowest BCUT2D eigenvalue weighted by atomic mass is 9.90. The molecule has 2 N–H and O–H groups in total. The topological polar surface area (TPSA) is 58.2 Å². The highest BCUT2D eigenvalue weighted by Gasteiger charge is 2.36. The first-order valence-corrected chi connectivity index (χ1v) is 7.97. The fourth-order valence-corrected chi connectivity index (χ4v) is 2.26. The molecule has 0 saturated carbocycles. The van der Waals surface area contributed by atoms with Gasteiger partial charge >= 0.3 is 0 Å². The predicted molar refractivity (Wildman–Crippen MR) is 98.1 cm³/mol. The van der Waals surface area contributed by atoms with Gasteiger partial charge in [-0.1, -0.05) is 24.3 Å². The molecule has 0 aliphatic carbocycles. The molecule has 0 saturated heterocycles. The molecular formula is C20H24N2O2. The Morgan fingerprint density at radius 2 is 1.46 bits per heavy atom. The van der Waals surface area contributed by atoms with Gasteiger partial charge in [-0.3, -0.25) is 9.59 Å².